The van der Waals surface area contributed by atoms with E-state index in [0.717, 1.165) is 31.6 Å². The largest absolute Gasteiger partial charge is 0.381 e. The van der Waals surface area contributed by atoms with E-state index in [1.807, 2.05) is 6.07 Å². The summed E-state index contributed by atoms with van der Waals surface area (Å²) >= 11 is 11.9. The molecule has 1 fully saturated rings. The van der Waals surface area contributed by atoms with Gasteiger partial charge in [0.2, 0.25) is 5.91 Å². The van der Waals surface area contributed by atoms with E-state index in [1.54, 1.807) is 18.2 Å². The zero-order chi connectivity index (χ0) is 19.1. The first-order chi connectivity index (χ1) is 13.1. The Balaban J connectivity index is 1.38. The van der Waals surface area contributed by atoms with E-state index in [4.69, 9.17) is 37.2 Å². The van der Waals surface area contributed by atoms with Gasteiger partial charge < -0.3 is 19.3 Å². The maximum absolute atomic E-state index is 12.0. The van der Waals surface area contributed by atoms with E-state index < -0.39 is 0 Å². The second-order valence-corrected chi connectivity index (χ2v) is 7.38. The summed E-state index contributed by atoms with van der Waals surface area (Å²) < 4.78 is 16.1. The number of halogens is 2. The van der Waals surface area contributed by atoms with Gasteiger partial charge in [-0.25, -0.2) is 0 Å². The van der Waals surface area contributed by atoms with Crippen molar-refractivity contribution >= 4 is 29.1 Å². The van der Waals surface area contributed by atoms with E-state index in [2.05, 4.69) is 10.5 Å². The lowest BCUT2D eigenvalue weighted by molar-refractivity contribution is -0.120. The fourth-order valence-electron chi connectivity index (χ4n) is 2.84. The molecule has 0 aliphatic carbocycles. The van der Waals surface area contributed by atoms with Crippen LogP contribution in [0.2, 0.25) is 10.0 Å². The molecule has 27 heavy (non-hydrogen) atoms. The summed E-state index contributed by atoms with van der Waals surface area (Å²) in [6.07, 6.45) is 2.18. The highest BCUT2D eigenvalue weighted by Gasteiger charge is 2.15. The van der Waals surface area contributed by atoms with Crippen LogP contribution < -0.4 is 5.32 Å². The summed E-state index contributed by atoms with van der Waals surface area (Å²) in [5.74, 6) is 1.01. The number of rotatable bonds is 8. The van der Waals surface area contributed by atoms with Crippen LogP contribution in [0.15, 0.2) is 28.8 Å². The monoisotopic (exact) mass is 412 g/mol. The topological polar surface area (TPSA) is 73.6 Å². The van der Waals surface area contributed by atoms with Crippen molar-refractivity contribution in [3.8, 4) is 0 Å². The predicted octanol–water partition coefficient (Wildman–Crippen LogP) is 3.78. The van der Waals surface area contributed by atoms with Crippen LogP contribution in [0, 0.1) is 5.92 Å². The molecule has 1 saturated heterocycles. The van der Waals surface area contributed by atoms with Crippen LogP contribution in [0.1, 0.15) is 29.9 Å². The Hall–Kier alpha value is -1.60. The van der Waals surface area contributed by atoms with E-state index in [-0.39, 0.29) is 18.9 Å². The van der Waals surface area contributed by atoms with Crippen molar-refractivity contribution in [2.75, 3.05) is 19.8 Å². The minimum atomic E-state index is -0.0573. The molecule has 3 rings (SSSR count). The van der Waals surface area contributed by atoms with Crippen LogP contribution in [0.5, 0.6) is 0 Å². The van der Waals surface area contributed by atoms with Crippen LogP contribution in [0.25, 0.3) is 0 Å². The zero-order valence-electron chi connectivity index (χ0n) is 14.9. The average Bonchev–Trinajstić information content (AvgIpc) is 3.11. The highest BCUT2D eigenvalue weighted by molar-refractivity contribution is 6.42. The minimum Gasteiger partial charge on any atom is -0.381 e. The number of carbonyl (C=O) groups is 1. The van der Waals surface area contributed by atoms with E-state index in [9.17, 15) is 4.79 Å². The van der Waals surface area contributed by atoms with Gasteiger partial charge in [-0.1, -0.05) is 34.4 Å². The lowest BCUT2D eigenvalue weighted by Crippen LogP contribution is -2.33. The molecular formula is C19H22Cl2N2O4. The first kappa shape index (κ1) is 20.1. The fraction of sp³-hybridized carbons (Fsp3) is 0.474. The molecule has 6 nitrogen and oxygen atoms in total. The van der Waals surface area contributed by atoms with Crippen molar-refractivity contribution in [3.05, 3.63) is 51.3 Å². The number of ether oxygens (including phenoxy) is 2. The summed E-state index contributed by atoms with van der Waals surface area (Å²) in [7, 11) is 0. The Morgan fingerprint density at radius 3 is 2.78 bits per heavy atom. The van der Waals surface area contributed by atoms with Crippen molar-refractivity contribution in [2.45, 2.75) is 32.5 Å². The molecule has 1 N–H and O–H groups in total. The maximum atomic E-state index is 12.0. The second-order valence-electron chi connectivity index (χ2n) is 6.56. The van der Waals surface area contributed by atoms with Gasteiger partial charge in [-0.05, 0) is 36.5 Å². The molecular weight excluding hydrogens is 391 g/mol. The Morgan fingerprint density at radius 2 is 2.00 bits per heavy atom. The van der Waals surface area contributed by atoms with Crippen molar-refractivity contribution in [2.24, 2.45) is 5.92 Å². The van der Waals surface area contributed by atoms with Crippen LogP contribution in [0.3, 0.4) is 0 Å². The van der Waals surface area contributed by atoms with Gasteiger partial charge in [-0.2, -0.15) is 0 Å². The number of hydrogen-bond acceptors (Lipinski definition) is 5. The van der Waals surface area contributed by atoms with Crippen molar-refractivity contribution in [3.63, 3.8) is 0 Å². The van der Waals surface area contributed by atoms with Crippen molar-refractivity contribution < 1.29 is 18.8 Å². The molecule has 0 saturated carbocycles. The first-order valence-corrected chi connectivity index (χ1v) is 9.66. The number of aromatic nitrogens is 1. The van der Waals surface area contributed by atoms with Crippen molar-refractivity contribution in [1.82, 2.24) is 10.5 Å². The third-order valence-corrected chi connectivity index (χ3v) is 5.11. The second kappa shape index (κ2) is 10.1. The van der Waals surface area contributed by atoms with E-state index in [1.165, 1.54) is 0 Å². The van der Waals surface area contributed by atoms with E-state index >= 15 is 0 Å². The number of nitrogens with zero attached hydrogens (tertiary/aromatic N) is 1. The minimum absolute atomic E-state index is 0.0573. The van der Waals surface area contributed by atoms with Crippen molar-refractivity contribution in [1.29, 1.82) is 0 Å². The van der Waals surface area contributed by atoms with Crippen LogP contribution in [0.4, 0.5) is 0 Å². The molecule has 1 aliphatic rings. The quantitative estimate of drug-likeness (QED) is 0.713. The lowest BCUT2D eigenvalue weighted by atomic mass is 10.0. The molecule has 0 spiro atoms. The lowest BCUT2D eigenvalue weighted by Gasteiger charge is -2.21. The van der Waals surface area contributed by atoms with Crippen LogP contribution in [-0.4, -0.2) is 30.8 Å². The first-order valence-electron chi connectivity index (χ1n) is 8.90. The fourth-order valence-corrected chi connectivity index (χ4v) is 3.16. The SMILES string of the molecule is O=C(Cc1cc(COCc2ccc(Cl)c(Cl)c2)on1)NCC1CCOCC1. The Bertz CT molecular complexity index is 760. The number of nitrogens with one attached hydrogen (secondary N) is 1. The molecule has 1 aromatic carbocycles. The molecule has 2 aromatic rings. The molecule has 0 radical (unpaired) electrons. The van der Waals surface area contributed by atoms with Crippen LogP contribution >= 0.6 is 23.2 Å². The highest BCUT2D eigenvalue weighted by Crippen LogP contribution is 2.23. The molecule has 0 bridgehead atoms. The predicted molar refractivity (Wildman–Crippen MR) is 102 cm³/mol. The third kappa shape index (κ3) is 6.50. The highest BCUT2D eigenvalue weighted by atomic mass is 35.5. The standard InChI is InChI=1S/C19H22Cl2N2O4/c20-17-2-1-14(7-18(17)21)11-26-12-16-8-15(23-27-16)9-19(24)22-10-13-3-5-25-6-4-13/h1-2,7-8,13H,3-6,9-12H2,(H,22,24). The smallest absolute Gasteiger partial charge is 0.226 e. The van der Waals surface area contributed by atoms with Gasteiger partial charge in [0.25, 0.3) is 0 Å². The Kier molecular flexibility index (Phi) is 7.52. The zero-order valence-corrected chi connectivity index (χ0v) is 16.4. The molecule has 146 valence electrons. The third-order valence-electron chi connectivity index (χ3n) is 4.38. The molecule has 0 atom stereocenters. The molecule has 1 amide bonds. The molecule has 2 heterocycles. The number of amides is 1. The summed E-state index contributed by atoms with van der Waals surface area (Å²) in [6.45, 7) is 2.86. The summed E-state index contributed by atoms with van der Waals surface area (Å²) in [4.78, 5) is 12.0. The van der Waals surface area contributed by atoms with Crippen LogP contribution in [-0.2, 0) is 33.9 Å². The van der Waals surface area contributed by atoms with Gasteiger partial charge >= 0.3 is 0 Å². The molecule has 1 aromatic heterocycles. The number of hydrogen-bond donors (Lipinski definition) is 1. The summed E-state index contributed by atoms with van der Waals surface area (Å²) in [6, 6.07) is 7.08. The summed E-state index contributed by atoms with van der Waals surface area (Å²) in [5.41, 5.74) is 1.50. The van der Waals surface area contributed by atoms with Gasteiger partial charge in [-0.15, -0.1) is 0 Å². The molecule has 8 heteroatoms. The van der Waals surface area contributed by atoms with Gasteiger partial charge in [-0.3, -0.25) is 4.79 Å². The van der Waals surface area contributed by atoms with Gasteiger partial charge in [0.1, 0.15) is 6.61 Å². The van der Waals surface area contributed by atoms with E-state index in [0.29, 0.717) is 40.6 Å². The molecule has 0 unspecified atom stereocenters. The van der Waals surface area contributed by atoms with Gasteiger partial charge in [0.05, 0.1) is 28.8 Å². The number of carbonyl (C=O) groups excluding carboxylic acids is 1. The molecule has 1 aliphatic heterocycles. The normalized spacial score (nSPS) is 15.0. The van der Waals surface area contributed by atoms with Gasteiger partial charge in [0, 0.05) is 25.8 Å². The average molecular weight is 413 g/mol. The van der Waals surface area contributed by atoms with Gasteiger partial charge in [0.15, 0.2) is 5.76 Å². The maximum Gasteiger partial charge on any atom is 0.226 e. The Labute approximate surface area is 168 Å². The Morgan fingerprint density at radius 1 is 1.19 bits per heavy atom. The summed E-state index contributed by atoms with van der Waals surface area (Å²) in [5, 5.41) is 7.88. The number of benzene rings is 1.